The highest BCUT2D eigenvalue weighted by atomic mass is 19.1. The summed E-state index contributed by atoms with van der Waals surface area (Å²) >= 11 is 0. The van der Waals surface area contributed by atoms with Gasteiger partial charge >= 0.3 is 0 Å². The number of piperidine rings is 1. The quantitative estimate of drug-likeness (QED) is 0.850. The second kappa shape index (κ2) is 6.50. The molecule has 1 aliphatic heterocycles. The van der Waals surface area contributed by atoms with Crippen molar-refractivity contribution >= 4 is 5.91 Å². The van der Waals surface area contributed by atoms with Gasteiger partial charge in [-0.3, -0.25) is 4.79 Å². The summed E-state index contributed by atoms with van der Waals surface area (Å²) in [4.78, 5) is 11.8. The predicted octanol–water partition coefficient (Wildman–Crippen LogP) is 1.48. The van der Waals surface area contributed by atoms with E-state index in [1.54, 1.807) is 12.1 Å². The molecule has 1 aliphatic rings. The zero-order chi connectivity index (χ0) is 12.8. The fourth-order valence-electron chi connectivity index (χ4n) is 2.21. The highest BCUT2D eigenvalue weighted by Gasteiger charge is 2.19. The molecule has 4 heteroatoms. The average molecular weight is 250 g/mol. The van der Waals surface area contributed by atoms with Crippen LogP contribution in [-0.2, 0) is 11.2 Å². The van der Waals surface area contributed by atoms with E-state index in [4.69, 9.17) is 0 Å². The second-order valence-electron chi connectivity index (χ2n) is 4.69. The summed E-state index contributed by atoms with van der Waals surface area (Å²) in [6.45, 7) is 2.47. The number of carbonyl (C=O) groups is 1. The first kappa shape index (κ1) is 13.0. The van der Waals surface area contributed by atoms with E-state index in [1.807, 2.05) is 0 Å². The van der Waals surface area contributed by atoms with Crippen LogP contribution in [0.4, 0.5) is 4.39 Å². The monoisotopic (exact) mass is 250 g/mol. The molecule has 0 radical (unpaired) electrons. The molecule has 98 valence electrons. The van der Waals surface area contributed by atoms with Gasteiger partial charge in [-0.25, -0.2) is 4.39 Å². The lowest BCUT2D eigenvalue weighted by atomic mass is 9.97. The van der Waals surface area contributed by atoms with Gasteiger partial charge in [0, 0.05) is 12.5 Å². The first-order chi connectivity index (χ1) is 8.75. The molecular formula is C14H19FN2O. The minimum Gasteiger partial charge on any atom is -0.356 e. The average Bonchev–Trinajstić information content (AvgIpc) is 2.42. The molecule has 2 N–H and O–H groups in total. The lowest BCUT2D eigenvalue weighted by Gasteiger charge is -2.21. The van der Waals surface area contributed by atoms with E-state index >= 15 is 0 Å². The molecular weight excluding hydrogens is 231 g/mol. The predicted molar refractivity (Wildman–Crippen MR) is 68.7 cm³/mol. The molecule has 1 saturated heterocycles. The molecule has 0 bridgehead atoms. The third-order valence-electron chi connectivity index (χ3n) is 3.34. The van der Waals surface area contributed by atoms with Crippen molar-refractivity contribution in [1.82, 2.24) is 10.6 Å². The van der Waals surface area contributed by atoms with Crippen LogP contribution < -0.4 is 10.6 Å². The number of rotatable bonds is 4. The first-order valence-corrected chi connectivity index (χ1v) is 6.48. The number of amides is 1. The Labute approximate surface area is 107 Å². The molecule has 2 rings (SSSR count). The lowest BCUT2D eigenvalue weighted by Crippen LogP contribution is -2.38. The van der Waals surface area contributed by atoms with Gasteiger partial charge in [0.25, 0.3) is 0 Å². The second-order valence-corrected chi connectivity index (χ2v) is 4.69. The van der Waals surface area contributed by atoms with Crippen molar-refractivity contribution in [3.05, 3.63) is 35.6 Å². The largest absolute Gasteiger partial charge is 0.356 e. The highest BCUT2D eigenvalue weighted by molar-refractivity contribution is 5.78. The Balaban J connectivity index is 1.71. The van der Waals surface area contributed by atoms with Crippen LogP contribution in [0.2, 0.25) is 0 Å². The normalized spacial score (nSPS) is 16.5. The molecule has 18 heavy (non-hydrogen) atoms. The van der Waals surface area contributed by atoms with Crippen molar-refractivity contribution < 1.29 is 9.18 Å². The van der Waals surface area contributed by atoms with Crippen LogP contribution in [0.5, 0.6) is 0 Å². The molecule has 0 aromatic heterocycles. The zero-order valence-corrected chi connectivity index (χ0v) is 10.4. The Morgan fingerprint density at radius 1 is 1.28 bits per heavy atom. The number of benzene rings is 1. The Kier molecular flexibility index (Phi) is 4.70. The molecule has 0 aliphatic carbocycles. The van der Waals surface area contributed by atoms with Gasteiger partial charge in [-0.15, -0.1) is 0 Å². The van der Waals surface area contributed by atoms with Gasteiger partial charge in [0.1, 0.15) is 5.82 Å². The van der Waals surface area contributed by atoms with E-state index in [0.717, 1.165) is 37.9 Å². The van der Waals surface area contributed by atoms with Crippen LogP contribution in [-0.4, -0.2) is 25.5 Å². The minimum atomic E-state index is -0.225. The van der Waals surface area contributed by atoms with Crippen molar-refractivity contribution in [3.63, 3.8) is 0 Å². The van der Waals surface area contributed by atoms with E-state index in [9.17, 15) is 9.18 Å². The van der Waals surface area contributed by atoms with Gasteiger partial charge in [-0.2, -0.15) is 0 Å². The summed E-state index contributed by atoms with van der Waals surface area (Å²) in [5.41, 5.74) is 1.04. The smallest absolute Gasteiger partial charge is 0.223 e. The summed E-state index contributed by atoms with van der Waals surface area (Å²) in [7, 11) is 0. The molecule has 1 heterocycles. The molecule has 0 saturated carbocycles. The van der Waals surface area contributed by atoms with Gasteiger partial charge in [-0.1, -0.05) is 12.1 Å². The first-order valence-electron chi connectivity index (χ1n) is 6.48. The van der Waals surface area contributed by atoms with E-state index in [1.165, 1.54) is 12.1 Å². The molecule has 3 nitrogen and oxygen atoms in total. The van der Waals surface area contributed by atoms with Gasteiger partial charge in [0.2, 0.25) is 5.91 Å². The van der Waals surface area contributed by atoms with Crippen molar-refractivity contribution in [2.45, 2.75) is 19.3 Å². The maximum atomic E-state index is 12.7. The lowest BCUT2D eigenvalue weighted by molar-refractivity contribution is -0.125. The Morgan fingerprint density at radius 2 is 1.94 bits per heavy atom. The van der Waals surface area contributed by atoms with E-state index < -0.39 is 0 Å². The molecule has 1 aromatic rings. The fraction of sp³-hybridized carbons (Fsp3) is 0.500. The summed E-state index contributed by atoms with van der Waals surface area (Å²) in [6.07, 6.45) is 2.59. The number of halogens is 1. The van der Waals surface area contributed by atoms with Gasteiger partial charge in [0.15, 0.2) is 0 Å². The van der Waals surface area contributed by atoms with Crippen molar-refractivity contribution in [1.29, 1.82) is 0 Å². The van der Waals surface area contributed by atoms with Gasteiger partial charge in [0.05, 0.1) is 0 Å². The number of hydrogen-bond acceptors (Lipinski definition) is 2. The third-order valence-corrected chi connectivity index (χ3v) is 3.34. The number of nitrogens with one attached hydrogen (secondary N) is 2. The maximum Gasteiger partial charge on any atom is 0.223 e. The van der Waals surface area contributed by atoms with Crippen LogP contribution >= 0.6 is 0 Å². The molecule has 1 fully saturated rings. The van der Waals surface area contributed by atoms with Gasteiger partial charge in [-0.05, 0) is 50.0 Å². The minimum absolute atomic E-state index is 0.151. The Bertz CT molecular complexity index is 385. The Morgan fingerprint density at radius 3 is 2.61 bits per heavy atom. The van der Waals surface area contributed by atoms with Crippen LogP contribution in [0.15, 0.2) is 24.3 Å². The fourth-order valence-corrected chi connectivity index (χ4v) is 2.21. The van der Waals surface area contributed by atoms with Crippen LogP contribution in [0.3, 0.4) is 0 Å². The van der Waals surface area contributed by atoms with Crippen LogP contribution in [0.1, 0.15) is 18.4 Å². The maximum absolute atomic E-state index is 12.7. The molecule has 1 amide bonds. The summed E-state index contributed by atoms with van der Waals surface area (Å²) in [6, 6.07) is 6.41. The third kappa shape index (κ3) is 3.81. The van der Waals surface area contributed by atoms with E-state index in [0.29, 0.717) is 6.54 Å². The summed E-state index contributed by atoms with van der Waals surface area (Å²) < 4.78 is 12.7. The molecule has 0 spiro atoms. The van der Waals surface area contributed by atoms with Gasteiger partial charge < -0.3 is 10.6 Å². The Hall–Kier alpha value is -1.42. The SMILES string of the molecule is O=C(NCCc1ccc(F)cc1)C1CCNCC1. The number of carbonyl (C=O) groups excluding carboxylic acids is 1. The summed E-state index contributed by atoms with van der Waals surface area (Å²) in [5.74, 6) is 0.0792. The highest BCUT2D eigenvalue weighted by Crippen LogP contribution is 2.11. The molecule has 1 aromatic carbocycles. The summed E-state index contributed by atoms with van der Waals surface area (Å²) in [5, 5.41) is 6.20. The zero-order valence-electron chi connectivity index (χ0n) is 10.4. The standard InChI is InChI=1S/C14H19FN2O/c15-13-3-1-11(2-4-13)5-10-17-14(18)12-6-8-16-9-7-12/h1-4,12,16H,5-10H2,(H,17,18). The van der Waals surface area contributed by atoms with Crippen molar-refractivity contribution in [3.8, 4) is 0 Å². The molecule has 0 unspecified atom stereocenters. The molecule has 0 atom stereocenters. The van der Waals surface area contributed by atoms with E-state index in [2.05, 4.69) is 10.6 Å². The van der Waals surface area contributed by atoms with Crippen LogP contribution in [0.25, 0.3) is 0 Å². The van der Waals surface area contributed by atoms with Crippen molar-refractivity contribution in [2.24, 2.45) is 5.92 Å². The van der Waals surface area contributed by atoms with Crippen molar-refractivity contribution in [2.75, 3.05) is 19.6 Å². The van der Waals surface area contributed by atoms with E-state index in [-0.39, 0.29) is 17.6 Å². The van der Waals surface area contributed by atoms with Crippen LogP contribution in [0, 0.1) is 11.7 Å². The topological polar surface area (TPSA) is 41.1 Å². The number of hydrogen-bond donors (Lipinski definition) is 2.